The Morgan fingerprint density at radius 2 is 2.38 bits per heavy atom. The molecule has 2 rings (SSSR count). The largest absolute Gasteiger partial charge is 0.489 e. The molecular weight excluding hydrogens is 206 g/mol. The predicted octanol–water partition coefficient (Wildman–Crippen LogP) is 0.241. The normalized spacial score (nSPS) is 19.4. The molecule has 0 spiro atoms. The Hall–Kier alpha value is -2.06. The van der Waals surface area contributed by atoms with E-state index in [0.29, 0.717) is 17.0 Å². The van der Waals surface area contributed by atoms with Gasteiger partial charge in [-0.15, -0.1) is 0 Å². The van der Waals surface area contributed by atoms with Gasteiger partial charge in [0.1, 0.15) is 18.4 Å². The van der Waals surface area contributed by atoms with E-state index in [0.717, 1.165) is 0 Å². The number of benzene rings is 1. The molecule has 1 amide bonds. The Morgan fingerprint density at radius 3 is 3.06 bits per heavy atom. The fraction of sp³-hybridized carbons (Fsp3) is 0.273. The summed E-state index contributed by atoms with van der Waals surface area (Å²) in [7, 11) is 1.62. The molecule has 2 N–H and O–H groups in total. The first kappa shape index (κ1) is 10.5. The van der Waals surface area contributed by atoms with E-state index < -0.39 is 6.04 Å². The minimum atomic E-state index is -0.664. The van der Waals surface area contributed by atoms with Crippen LogP contribution in [0.1, 0.15) is 5.56 Å². The van der Waals surface area contributed by atoms with E-state index in [2.05, 4.69) is 0 Å². The van der Waals surface area contributed by atoms with E-state index in [1.165, 1.54) is 4.90 Å². The Balaban J connectivity index is 2.50. The van der Waals surface area contributed by atoms with E-state index in [4.69, 9.17) is 15.7 Å². The highest BCUT2D eigenvalue weighted by atomic mass is 16.5. The molecule has 1 aliphatic heterocycles. The molecule has 0 unspecified atom stereocenters. The van der Waals surface area contributed by atoms with Gasteiger partial charge >= 0.3 is 0 Å². The first-order valence-corrected chi connectivity index (χ1v) is 4.83. The van der Waals surface area contributed by atoms with E-state index >= 15 is 0 Å². The van der Waals surface area contributed by atoms with Crippen LogP contribution in [0.3, 0.4) is 0 Å². The second-order valence-electron chi connectivity index (χ2n) is 3.61. The number of rotatable bonds is 0. The van der Waals surface area contributed by atoms with E-state index in [9.17, 15) is 4.79 Å². The Bertz CT molecular complexity index is 479. The van der Waals surface area contributed by atoms with Crippen molar-refractivity contribution in [3.8, 4) is 11.8 Å². The second-order valence-corrected chi connectivity index (χ2v) is 3.61. The molecule has 5 heteroatoms. The quantitative estimate of drug-likeness (QED) is 0.675. The Morgan fingerprint density at radius 1 is 1.62 bits per heavy atom. The molecule has 1 aromatic rings. The van der Waals surface area contributed by atoms with Gasteiger partial charge in [0.2, 0.25) is 5.91 Å². The van der Waals surface area contributed by atoms with Gasteiger partial charge in [-0.25, -0.2) is 0 Å². The van der Waals surface area contributed by atoms with Crippen LogP contribution in [0.5, 0.6) is 5.75 Å². The van der Waals surface area contributed by atoms with E-state index in [1.54, 1.807) is 25.2 Å². The monoisotopic (exact) mass is 217 g/mol. The number of hydrogen-bond acceptors (Lipinski definition) is 4. The third-order valence-electron chi connectivity index (χ3n) is 2.52. The molecular formula is C11H11N3O2. The van der Waals surface area contributed by atoms with Crippen LogP contribution in [0.25, 0.3) is 0 Å². The van der Waals surface area contributed by atoms with Crippen LogP contribution in [-0.4, -0.2) is 25.6 Å². The first-order chi connectivity index (χ1) is 7.63. The molecule has 1 atom stereocenters. The van der Waals surface area contributed by atoms with Crippen LogP contribution < -0.4 is 15.4 Å². The number of carbonyl (C=O) groups is 1. The number of anilines is 1. The van der Waals surface area contributed by atoms with Crippen LogP contribution in [-0.2, 0) is 4.79 Å². The molecule has 0 bridgehead atoms. The third kappa shape index (κ3) is 1.59. The van der Waals surface area contributed by atoms with Crippen molar-refractivity contribution in [2.24, 2.45) is 5.73 Å². The molecule has 0 aromatic heterocycles. The highest BCUT2D eigenvalue weighted by Gasteiger charge is 2.26. The first-order valence-electron chi connectivity index (χ1n) is 4.83. The summed E-state index contributed by atoms with van der Waals surface area (Å²) in [5, 5.41) is 8.79. The van der Waals surface area contributed by atoms with E-state index in [-0.39, 0.29) is 12.5 Å². The number of hydrogen-bond donors (Lipinski definition) is 1. The number of carbonyl (C=O) groups excluding carboxylic acids is 1. The lowest BCUT2D eigenvalue weighted by Crippen LogP contribution is -2.43. The van der Waals surface area contributed by atoms with Crippen LogP contribution in [0.4, 0.5) is 5.69 Å². The number of likely N-dealkylation sites (N-methyl/N-ethyl adjacent to an activating group) is 1. The van der Waals surface area contributed by atoms with E-state index in [1.807, 2.05) is 6.07 Å². The zero-order chi connectivity index (χ0) is 11.7. The minimum Gasteiger partial charge on any atom is -0.489 e. The smallest absolute Gasteiger partial charge is 0.247 e. The Kier molecular flexibility index (Phi) is 2.50. The minimum absolute atomic E-state index is 0.155. The number of nitriles is 1. The maximum absolute atomic E-state index is 11.7. The lowest BCUT2D eigenvalue weighted by Gasteiger charge is -2.17. The summed E-state index contributed by atoms with van der Waals surface area (Å²) in [4.78, 5) is 13.2. The molecule has 0 radical (unpaired) electrons. The van der Waals surface area contributed by atoms with Crippen molar-refractivity contribution >= 4 is 11.6 Å². The second kappa shape index (κ2) is 3.83. The molecule has 16 heavy (non-hydrogen) atoms. The number of nitrogens with zero attached hydrogens (tertiary/aromatic N) is 2. The average Bonchev–Trinajstić information content (AvgIpc) is 2.42. The molecule has 1 heterocycles. The fourth-order valence-corrected chi connectivity index (χ4v) is 1.59. The van der Waals surface area contributed by atoms with Crippen molar-refractivity contribution in [1.29, 1.82) is 5.26 Å². The van der Waals surface area contributed by atoms with Gasteiger partial charge in [0.25, 0.3) is 0 Å². The van der Waals surface area contributed by atoms with Crippen molar-refractivity contribution in [2.75, 3.05) is 18.6 Å². The van der Waals surface area contributed by atoms with Gasteiger partial charge in [-0.1, -0.05) is 0 Å². The van der Waals surface area contributed by atoms with Crippen molar-refractivity contribution in [3.63, 3.8) is 0 Å². The maximum atomic E-state index is 11.7. The van der Waals surface area contributed by atoms with Gasteiger partial charge in [0.15, 0.2) is 0 Å². The van der Waals surface area contributed by atoms with Crippen LogP contribution >= 0.6 is 0 Å². The molecule has 82 valence electrons. The standard InChI is InChI=1S/C11H11N3O2/c1-14-9-4-7(5-12)2-3-10(9)16-6-8(13)11(14)15/h2-4,8H,6,13H2,1H3/t8-/m0/s1. The predicted molar refractivity (Wildman–Crippen MR) is 58.0 cm³/mol. The fourth-order valence-electron chi connectivity index (χ4n) is 1.59. The molecule has 0 aliphatic carbocycles. The summed E-state index contributed by atoms with van der Waals surface area (Å²) in [6.07, 6.45) is 0. The summed E-state index contributed by atoms with van der Waals surface area (Å²) in [6.45, 7) is 0.155. The SMILES string of the molecule is CN1C(=O)[C@@H](N)COc2ccc(C#N)cc21. The molecule has 5 nitrogen and oxygen atoms in total. The summed E-state index contributed by atoms with van der Waals surface area (Å²) in [6, 6.07) is 6.29. The molecule has 0 fully saturated rings. The van der Waals surface area contributed by atoms with Gasteiger partial charge < -0.3 is 15.4 Å². The molecule has 1 aromatic carbocycles. The highest BCUT2D eigenvalue weighted by molar-refractivity contribution is 5.98. The van der Waals surface area contributed by atoms with Crippen molar-refractivity contribution in [3.05, 3.63) is 23.8 Å². The lowest BCUT2D eigenvalue weighted by atomic mass is 10.2. The summed E-state index contributed by atoms with van der Waals surface area (Å²) >= 11 is 0. The molecule has 0 saturated carbocycles. The van der Waals surface area contributed by atoms with Crippen molar-refractivity contribution < 1.29 is 9.53 Å². The zero-order valence-electron chi connectivity index (χ0n) is 8.80. The summed E-state index contributed by atoms with van der Waals surface area (Å²) in [5.41, 5.74) is 6.70. The Labute approximate surface area is 93.0 Å². The van der Waals surface area contributed by atoms with Gasteiger partial charge in [-0.05, 0) is 18.2 Å². The van der Waals surface area contributed by atoms with Crippen molar-refractivity contribution in [2.45, 2.75) is 6.04 Å². The number of nitrogens with two attached hydrogens (primary N) is 1. The summed E-state index contributed by atoms with van der Waals surface area (Å²) < 4.78 is 5.40. The lowest BCUT2D eigenvalue weighted by molar-refractivity contribution is -0.119. The maximum Gasteiger partial charge on any atom is 0.247 e. The van der Waals surface area contributed by atoms with Crippen LogP contribution in [0, 0.1) is 11.3 Å². The summed E-state index contributed by atoms with van der Waals surface area (Å²) in [5.74, 6) is 0.358. The van der Waals surface area contributed by atoms with Gasteiger partial charge in [0.05, 0.1) is 17.3 Å². The number of ether oxygens (including phenoxy) is 1. The average molecular weight is 217 g/mol. The van der Waals surface area contributed by atoms with Crippen LogP contribution in [0.15, 0.2) is 18.2 Å². The molecule has 0 saturated heterocycles. The highest BCUT2D eigenvalue weighted by Crippen LogP contribution is 2.30. The number of amides is 1. The van der Waals surface area contributed by atoms with Crippen LogP contribution in [0.2, 0.25) is 0 Å². The third-order valence-corrected chi connectivity index (χ3v) is 2.52. The number of fused-ring (bicyclic) bond motifs is 1. The van der Waals surface area contributed by atoms with Crippen molar-refractivity contribution in [1.82, 2.24) is 0 Å². The topological polar surface area (TPSA) is 79.3 Å². The van der Waals surface area contributed by atoms with Gasteiger partial charge in [-0.2, -0.15) is 5.26 Å². The molecule has 1 aliphatic rings. The van der Waals surface area contributed by atoms with Gasteiger partial charge in [-0.3, -0.25) is 4.79 Å². The van der Waals surface area contributed by atoms with Gasteiger partial charge in [0, 0.05) is 7.05 Å². The zero-order valence-corrected chi connectivity index (χ0v) is 8.80.